The molecule has 8 heteroatoms. The van der Waals surface area contributed by atoms with Crippen molar-refractivity contribution in [2.75, 3.05) is 13.1 Å². The molecular formula is C17H19N5OS2. The molecule has 0 radical (unpaired) electrons. The van der Waals surface area contributed by atoms with Gasteiger partial charge in [-0.25, -0.2) is 0 Å². The number of nitrogens with zero attached hydrogens (tertiary/aromatic N) is 5. The normalized spacial score (nSPS) is 16.3. The molecule has 0 spiro atoms. The molecule has 4 rings (SSSR count). The van der Waals surface area contributed by atoms with Gasteiger partial charge in [-0.15, -0.1) is 21.5 Å². The smallest absolute Gasteiger partial charge is 0.235 e. The zero-order valence-electron chi connectivity index (χ0n) is 14.0. The molecule has 0 N–H and O–H groups in total. The summed E-state index contributed by atoms with van der Waals surface area (Å²) in [5.41, 5.74) is 0.711. The number of carbonyl (C=O) groups is 1. The van der Waals surface area contributed by atoms with Crippen LogP contribution < -0.4 is 0 Å². The maximum absolute atomic E-state index is 12.6. The van der Waals surface area contributed by atoms with Gasteiger partial charge in [0.15, 0.2) is 11.5 Å². The van der Waals surface area contributed by atoms with E-state index in [1.807, 2.05) is 41.5 Å². The highest BCUT2D eigenvalue weighted by Gasteiger charge is 2.23. The number of amides is 1. The lowest BCUT2D eigenvalue weighted by Gasteiger charge is -2.28. The van der Waals surface area contributed by atoms with Crippen molar-refractivity contribution in [3.63, 3.8) is 0 Å². The van der Waals surface area contributed by atoms with Gasteiger partial charge in [-0.05, 0) is 49.8 Å². The predicted octanol–water partition coefficient (Wildman–Crippen LogP) is 3.35. The maximum atomic E-state index is 12.6. The number of thiophene rings is 1. The molecule has 1 amide bonds. The second-order valence-electron chi connectivity index (χ2n) is 6.09. The van der Waals surface area contributed by atoms with Gasteiger partial charge in [-0.3, -0.25) is 4.79 Å². The average Bonchev–Trinajstić information content (AvgIpc) is 3.30. The summed E-state index contributed by atoms with van der Waals surface area (Å²) in [7, 11) is 0. The number of fused-ring (bicyclic) bond motifs is 1. The standard InChI is InChI=1S/C17H19N5OS2/c1-12(17(23)21-9-3-2-4-10-21)25-15-8-7-14-18-19-16(22(14)20-15)13-6-5-11-24-13/h5-8,11-12H,2-4,9-10H2,1H3. The fraction of sp³-hybridized carbons (Fsp3) is 0.412. The molecule has 0 bridgehead atoms. The number of hydrogen-bond donors (Lipinski definition) is 0. The number of piperidine rings is 1. The molecule has 4 heterocycles. The monoisotopic (exact) mass is 373 g/mol. The van der Waals surface area contributed by atoms with E-state index in [1.165, 1.54) is 18.2 Å². The summed E-state index contributed by atoms with van der Waals surface area (Å²) in [6.45, 7) is 3.72. The molecule has 25 heavy (non-hydrogen) atoms. The molecule has 6 nitrogen and oxygen atoms in total. The van der Waals surface area contributed by atoms with E-state index in [9.17, 15) is 4.79 Å². The summed E-state index contributed by atoms with van der Waals surface area (Å²) in [6.07, 6.45) is 3.44. The van der Waals surface area contributed by atoms with Crippen molar-refractivity contribution in [3.05, 3.63) is 29.6 Å². The van der Waals surface area contributed by atoms with Crippen molar-refractivity contribution >= 4 is 34.7 Å². The van der Waals surface area contributed by atoms with Crippen molar-refractivity contribution in [1.82, 2.24) is 24.7 Å². The zero-order valence-corrected chi connectivity index (χ0v) is 15.6. The van der Waals surface area contributed by atoms with Crippen LogP contribution in [0.3, 0.4) is 0 Å². The van der Waals surface area contributed by atoms with Crippen molar-refractivity contribution in [2.24, 2.45) is 0 Å². The van der Waals surface area contributed by atoms with Gasteiger partial charge < -0.3 is 4.90 Å². The summed E-state index contributed by atoms with van der Waals surface area (Å²) in [5, 5.41) is 15.7. The molecule has 1 atom stereocenters. The van der Waals surface area contributed by atoms with Crippen LogP contribution in [0, 0.1) is 0 Å². The summed E-state index contributed by atoms with van der Waals surface area (Å²) >= 11 is 3.10. The highest BCUT2D eigenvalue weighted by molar-refractivity contribution is 8.00. The van der Waals surface area contributed by atoms with Crippen LogP contribution in [0.25, 0.3) is 16.3 Å². The number of carbonyl (C=O) groups excluding carboxylic acids is 1. The highest BCUT2D eigenvalue weighted by Crippen LogP contribution is 2.27. The molecular weight excluding hydrogens is 354 g/mol. The van der Waals surface area contributed by atoms with Gasteiger partial charge in [0.2, 0.25) is 5.91 Å². The summed E-state index contributed by atoms with van der Waals surface area (Å²) < 4.78 is 1.76. The van der Waals surface area contributed by atoms with E-state index >= 15 is 0 Å². The minimum atomic E-state index is -0.148. The number of hydrogen-bond acceptors (Lipinski definition) is 6. The molecule has 1 fully saturated rings. The zero-order chi connectivity index (χ0) is 17.2. The lowest BCUT2D eigenvalue weighted by Crippen LogP contribution is -2.40. The number of thioether (sulfide) groups is 1. The first-order valence-corrected chi connectivity index (χ1v) is 10.2. The van der Waals surface area contributed by atoms with Crippen LogP contribution in [0.5, 0.6) is 0 Å². The summed E-state index contributed by atoms with van der Waals surface area (Å²) in [5.74, 6) is 0.941. The van der Waals surface area contributed by atoms with Crippen LogP contribution in [-0.2, 0) is 4.79 Å². The van der Waals surface area contributed by atoms with Gasteiger partial charge in [-0.1, -0.05) is 17.8 Å². The van der Waals surface area contributed by atoms with Crippen LogP contribution in [-0.4, -0.2) is 49.0 Å². The Kier molecular flexibility index (Phi) is 4.72. The van der Waals surface area contributed by atoms with E-state index in [0.717, 1.165) is 41.7 Å². The first-order valence-electron chi connectivity index (χ1n) is 8.44. The molecule has 130 valence electrons. The van der Waals surface area contributed by atoms with Crippen LogP contribution in [0.1, 0.15) is 26.2 Å². The third-order valence-electron chi connectivity index (χ3n) is 4.29. The molecule has 1 saturated heterocycles. The largest absolute Gasteiger partial charge is 0.342 e. The van der Waals surface area contributed by atoms with Gasteiger partial charge in [-0.2, -0.15) is 9.61 Å². The first kappa shape index (κ1) is 16.5. The third kappa shape index (κ3) is 3.41. The molecule has 3 aromatic rings. The van der Waals surface area contributed by atoms with Crippen molar-refractivity contribution < 1.29 is 4.79 Å². The highest BCUT2D eigenvalue weighted by atomic mass is 32.2. The maximum Gasteiger partial charge on any atom is 0.235 e. The summed E-state index contributed by atoms with van der Waals surface area (Å²) in [6, 6.07) is 7.80. The topological polar surface area (TPSA) is 63.4 Å². The number of aromatic nitrogens is 4. The SMILES string of the molecule is CC(Sc1ccc2nnc(-c3cccs3)n2n1)C(=O)N1CCCCC1. The lowest BCUT2D eigenvalue weighted by atomic mass is 10.1. The Morgan fingerprint density at radius 3 is 2.80 bits per heavy atom. The van der Waals surface area contributed by atoms with E-state index in [4.69, 9.17) is 0 Å². The van der Waals surface area contributed by atoms with Gasteiger partial charge in [0.05, 0.1) is 10.1 Å². The molecule has 1 unspecified atom stereocenters. The molecule has 3 aromatic heterocycles. The molecule has 1 aliphatic heterocycles. The van der Waals surface area contributed by atoms with Crippen LogP contribution >= 0.6 is 23.1 Å². The van der Waals surface area contributed by atoms with Gasteiger partial charge in [0.25, 0.3) is 0 Å². The van der Waals surface area contributed by atoms with Crippen molar-refractivity contribution in [3.8, 4) is 10.7 Å². The molecule has 0 aliphatic carbocycles. The Balaban J connectivity index is 1.55. The van der Waals surface area contributed by atoms with E-state index in [1.54, 1.807) is 15.9 Å². The number of rotatable bonds is 4. The van der Waals surface area contributed by atoms with Gasteiger partial charge >= 0.3 is 0 Å². The van der Waals surface area contributed by atoms with E-state index in [2.05, 4.69) is 15.3 Å². The lowest BCUT2D eigenvalue weighted by molar-refractivity contribution is -0.131. The minimum Gasteiger partial charge on any atom is -0.342 e. The third-order valence-corrected chi connectivity index (χ3v) is 6.17. The van der Waals surface area contributed by atoms with Gasteiger partial charge in [0, 0.05) is 13.1 Å². The molecule has 1 aliphatic rings. The van der Waals surface area contributed by atoms with Gasteiger partial charge in [0.1, 0.15) is 5.03 Å². The Labute approximate surface area is 154 Å². The van der Waals surface area contributed by atoms with Crippen LogP contribution in [0.4, 0.5) is 0 Å². The Morgan fingerprint density at radius 2 is 2.04 bits per heavy atom. The van der Waals surface area contributed by atoms with E-state index < -0.39 is 0 Å². The van der Waals surface area contributed by atoms with E-state index in [-0.39, 0.29) is 11.2 Å². The predicted molar refractivity (Wildman–Crippen MR) is 99.8 cm³/mol. The Morgan fingerprint density at radius 1 is 1.20 bits per heavy atom. The van der Waals surface area contributed by atoms with Crippen molar-refractivity contribution in [2.45, 2.75) is 36.5 Å². The fourth-order valence-electron chi connectivity index (χ4n) is 3.00. The van der Waals surface area contributed by atoms with Crippen LogP contribution in [0.15, 0.2) is 34.7 Å². The number of likely N-dealkylation sites (tertiary alicyclic amines) is 1. The van der Waals surface area contributed by atoms with E-state index in [0.29, 0.717) is 5.65 Å². The van der Waals surface area contributed by atoms with Crippen molar-refractivity contribution in [1.29, 1.82) is 0 Å². The Bertz CT molecular complexity index is 870. The first-order chi connectivity index (χ1) is 12.2. The second kappa shape index (κ2) is 7.13. The molecule has 0 saturated carbocycles. The Hall–Kier alpha value is -1.93. The van der Waals surface area contributed by atoms with Crippen LogP contribution in [0.2, 0.25) is 0 Å². The average molecular weight is 374 g/mol. The quantitative estimate of drug-likeness (QED) is 0.656. The second-order valence-corrected chi connectivity index (χ2v) is 8.40. The molecule has 0 aromatic carbocycles. The minimum absolute atomic E-state index is 0.148. The summed E-state index contributed by atoms with van der Waals surface area (Å²) in [4.78, 5) is 15.6. The fourth-order valence-corrected chi connectivity index (χ4v) is 4.58.